The van der Waals surface area contributed by atoms with Gasteiger partial charge < -0.3 is 15.3 Å². The molecule has 1 aliphatic heterocycles. The minimum absolute atomic E-state index is 0.378. The predicted octanol–water partition coefficient (Wildman–Crippen LogP) is 3.37. The maximum Gasteiger partial charge on any atom is 0.123 e. The molecule has 0 amide bonds. The van der Waals surface area contributed by atoms with Crippen LogP contribution in [-0.2, 0) is 0 Å². The number of fused-ring (bicyclic) bond motifs is 1. The van der Waals surface area contributed by atoms with Crippen molar-refractivity contribution in [1.29, 1.82) is 0 Å². The van der Waals surface area contributed by atoms with Crippen molar-refractivity contribution in [3.63, 3.8) is 0 Å². The van der Waals surface area contributed by atoms with Crippen molar-refractivity contribution in [1.82, 2.24) is 20.3 Å². The molecule has 2 aromatic heterocycles. The minimum Gasteiger partial charge on any atom is -0.360 e. The van der Waals surface area contributed by atoms with E-state index in [1.807, 2.05) is 12.3 Å². The number of benzene rings is 1. The molecule has 1 aromatic carbocycles. The molecular weight excluding hydrogens is 248 g/mol. The van der Waals surface area contributed by atoms with Crippen LogP contribution in [0.25, 0.3) is 22.2 Å². The number of nitrogens with one attached hydrogen (secondary N) is 3. The Bertz CT molecular complexity index is 719. The molecule has 1 atom stereocenters. The van der Waals surface area contributed by atoms with Crippen LogP contribution in [0.2, 0.25) is 0 Å². The molecule has 0 radical (unpaired) electrons. The van der Waals surface area contributed by atoms with Crippen molar-refractivity contribution in [2.45, 2.75) is 25.3 Å². The third-order valence-electron chi connectivity index (χ3n) is 4.12. The molecule has 102 valence electrons. The van der Waals surface area contributed by atoms with E-state index in [2.05, 4.69) is 44.7 Å². The van der Waals surface area contributed by atoms with Crippen molar-refractivity contribution < 1.29 is 0 Å². The summed E-state index contributed by atoms with van der Waals surface area (Å²) in [4.78, 5) is 11.4. The molecule has 0 saturated carbocycles. The average Bonchev–Trinajstić information content (AvgIpc) is 3.14. The first-order valence-corrected chi connectivity index (χ1v) is 7.26. The van der Waals surface area contributed by atoms with Crippen molar-refractivity contribution in [2.75, 3.05) is 6.54 Å². The van der Waals surface area contributed by atoms with E-state index in [1.165, 1.54) is 30.2 Å². The van der Waals surface area contributed by atoms with E-state index in [0.29, 0.717) is 6.04 Å². The van der Waals surface area contributed by atoms with Gasteiger partial charge in [-0.25, -0.2) is 4.98 Å². The van der Waals surface area contributed by atoms with Crippen LogP contribution in [0, 0.1) is 0 Å². The summed E-state index contributed by atoms with van der Waals surface area (Å²) in [6.45, 7) is 1.09. The monoisotopic (exact) mass is 266 g/mol. The highest BCUT2D eigenvalue weighted by Gasteiger charge is 2.18. The zero-order valence-corrected chi connectivity index (χ0v) is 11.3. The van der Waals surface area contributed by atoms with Crippen LogP contribution in [0.3, 0.4) is 0 Å². The number of aromatic nitrogens is 3. The lowest BCUT2D eigenvalue weighted by molar-refractivity contribution is 0.399. The topological polar surface area (TPSA) is 56.5 Å². The van der Waals surface area contributed by atoms with Crippen LogP contribution in [0.4, 0.5) is 0 Å². The first-order chi connectivity index (χ1) is 9.92. The smallest absolute Gasteiger partial charge is 0.123 e. The van der Waals surface area contributed by atoms with Gasteiger partial charge in [-0.1, -0.05) is 24.6 Å². The molecule has 0 aliphatic carbocycles. The van der Waals surface area contributed by atoms with Crippen LogP contribution in [0.15, 0.2) is 36.7 Å². The molecule has 0 bridgehead atoms. The van der Waals surface area contributed by atoms with E-state index in [9.17, 15) is 0 Å². The summed E-state index contributed by atoms with van der Waals surface area (Å²) in [5.74, 6) is 1.06. The maximum atomic E-state index is 4.57. The summed E-state index contributed by atoms with van der Waals surface area (Å²) in [5, 5.41) is 4.77. The third kappa shape index (κ3) is 1.93. The van der Waals surface area contributed by atoms with Gasteiger partial charge in [-0.2, -0.15) is 0 Å². The van der Waals surface area contributed by atoms with Crippen LogP contribution >= 0.6 is 0 Å². The average molecular weight is 266 g/mol. The zero-order chi connectivity index (χ0) is 13.4. The summed E-state index contributed by atoms with van der Waals surface area (Å²) in [6.07, 6.45) is 7.71. The van der Waals surface area contributed by atoms with Crippen molar-refractivity contribution >= 4 is 10.9 Å². The van der Waals surface area contributed by atoms with E-state index in [4.69, 9.17) is 0 Å². The molecule has 3 N–H and O–H groups in total. The number of H-pyrrole nitrogens is 2. The second-order valence-corrected chi connectivity index (χ2v) is 5.43. The summed E-state index contributed by atoms with van der Waals surface area (Å²) in [5.41, 5.74) is 3.44. The number of aromatic amines is 2. The normalized spacial score (nSPS) is 19.5. The number of hydrogen-bond donors (Lipinski definition) is 3. The van der Waals surface area contributed by atoms with Gasteiger partial charge in [0, 0.05) is 22.7 Å². The highest BCUT2D eigenvalue weighted by atomic mass is 15.0. The molecule has 4 rings (SSSR count). The number of nitrogens with zero attached hydrogens (tertiary/aromatic N) is 1. The molecular formula is C16H18N4. The molecule has 1 aliphatic rings. The second-order valence-electron chi connectivity index (χ2n) is 5.43. The van der Waals surface area contributed by atoms with Gasteiger partial charge in [-0.05, 0) is 25.5 Å². The van der Waals surface area contributed by atoms with Gasteiger partial charge in [0.2, 0.25) is 0 Å². The van der Waals surface area contributed by atoms with E-state index in [0.717, 1.165) is 23.6 Å². The number of piperidine rings is 1. The Morgan fingerprint density at radius 3 is 3.00 bits per heavy atom. The van der Waals surface area contributed by atoms with Crippen molar-refractivity contribution in [3.8, 4) is 11.3 Å². The van der Waals surface area contributed by atoms with Crippen molar-refractivity contribution in [2.24, 2.45) is 0 Å². The van der Waals surface area contributed by atoms with Crippen LogP contribution in [-0.4, -0.2) is 21.5 Å². The second kappa shape index (κ2) is 4.80. The molecule has 0 spiro atoms. The minimum atomic E-state index is 0.378. The molecule has 1 saturated heterocycles. The molecule has 3 aromatic rings. The predicted molar refractivity (Wildman–Crippen MR) is 80.5 cm³/mol. The van der Waals surface area contributed by atoms with Crippen LogP contribution in [0.1, 0.15) is 31.1 Å². The highest BCUT2D eigenvalue weighted by Crippen LogP contribution is 2.29. The Kier molecular flexibility index (Phi) is 2.81. The van der Waals surface area contributed by atoms with Gasteiger partial charge in [0.05, 0.1) is 17.9 Å². The van der Waals surface area contributed by atoms with E-state index in [-0.39, 0.29) is 0 Å². The summed E-state index contributed by atoms with van der Waals surface area (Å²) < 4.78 is 0. The maximum absolute atomic E-state index is 4.57. The molecule has 1 unspecified atom stereocenters. The third-order valence-corrected chi connectivity index (χ3v) is 4.12. The molecule has 4 nitrogen and oxygen atoms in total. The lowest BCUT2D eigenvalue weighted by Gasteiger charge is -2.21. The Balaban J connectivity index is 1.70. The quantitative estimate of drug-likeness (QED) is 0.666. The van der Waals surface area contributed by atoms with Gasteiger partial charge >= 0.3 is 0 Å². The fourth-order valence-electron chi connectivity index (χ4n) is 3.03. The van der Waals surface area contributed by atoms with E-state index < -0.39 is 0 Å². The number of imidazole rings is 1. The summed E-state index contributed by atoms with van der Waals surface area (Å²) >= 11 is 0. The fourth-order valence-corrected chi connectivity index (χ4v) is 3.03. The highest BCUT2D eigenvalue weighted by molar-refractivity contribution is 5.94. The summed E-state index contributed by atoms with van der Waals surface area (Å²) in [6, 6.07) is 8.73. The fraction of sp³-hybridized carbons (Fsp3) is 0.312. The van der Waals surface area contributed by atoms with Gasteiger partial charge in [-0.15, -0.1) is 0 Å². The Morgan fingerprint density at radius 1 is 1.15 bits per heavy atom. The first-order valence-electron chi connectivity index (χ1n) is 7.26. The standard InChI is InChI=1S/C16H18N4/c1-2-6-13-11(5-1)12(9-18-13)15-10-19-16(20-15)14-7-3-4-8-17-14/h1-2,5-6,9-10,14,17-18H,3-4,7-8H2,(H,19,20). The summed E-state index contributed by atoms with van der Waals surface area (Å²) in [7, 11) is 0. The number of rotatable bonds is 2. The largest absolute Gasteiger partial charge is 0.360 e. The van der Waals surface area contributed by atoms with Gasteiger partial charge in [0.15, 0.2) is 0 Å². The number of hydrogen-bond acceptors (Lipinski definition) is 2. The molecule has 1 fully saturated rings. The zero-order valence-electron chi connectivity index (χ0n) is 11.3. The Labute approximate surface area is 117 Å². The lowest BCUT2D eigenvalue weighted by atomic mass is 10.0. The number of para-hydroxylation sites is 1. The SMILES string of the molecule is c1ccc2c(-c3cnc(C4CCCCN4)[nH]3)c[nH]c2c1. The van der Waals surface area contributed by atoms with Crippen LogP contribution < -0.4 is 5.32 Å². The van der Waals surface area contributed by atoms with Gasteiger partial charge in [-0.3, -0.25) is 0 Å². The Hall–Kier alpha value is -2.07. The molecule has 3 heterocycles. The molecule has 20 heavy (non-hydrogen) atoms. The Morgan fingerprint density at radius 2 is 2.10 bits per heavy atom. The lowest BCUT2D eigenvalue weighted by Crippen LogP contribution is -2.27. The molecule has 4 heteroatoms. The van der Waals surface area contributed by atoms with Crippen molar-refractivity contribution in [3.05, 3.63) is 42.5 Å². The van der Waals surface area contributed by atoms with Gasteiger partial charge in [0.1, 0.15) is 5.82 Å². The van der Waals surface area contributed by atoms with Gasteiger partial charge in [0.25, 0.3) is 0 Å². The van der Waals surface area contributed by atoms with Crippen LogP contribution in [0.5, 0.6) is 0 Å². The van der Waals surface area contributed by atoms with E-state index in [1.54, 1.807) is 0 Å². The first kappa shape index (κ1) is 11.7. The van der Waals surface area contributed by atoms with E-state index >= 15 is 0 Å².